The smallest absolute Gasteiger partial charge is 0.336 e. The topological polar surface area (TPSA) is 153 Å². The van der Waals surface area contributed by atoms with E-state index in [2.05, 4.69) is 44.8 Å². The van der Waals surface area contributed by atoms with E-state index in [1.165, 1.54) is 17.7 Å². The van der Waals surface area contributed by atoms with Gasteiger partial charge in [-0.25, -0.2) is 4.79 Å². The molecule has 7 rings (SSSR count). The minimum atomic E-state index is -1.26. The van der Waals surface area contributed by atoms with Gasteiger partial charge in [-0.05, 0) is 117 Å². The zero-order valence-electron chi connectivity index (χ0n) is 33.0. The molecule has 304 valence electrons. The minimum Gasteiger partial charge on any atom is -0.506 e. The highest BCUT2D eigenvalue weighted by Crippen LogP contribution is 2.39. The maximum Gasteiger partial charge on any atom is 0.336 e. The van der Waals surface area contributed by atoms with Crippen molar-refractivity contribution in [3.8, 4) is 11.5 Å². The highest BCUT2D eigenvalue weighted by molar-refractivity contribution is 5.99. The standard InChI is InChI=1S/C47H54N4O7/c52-41-19-17-38(39-18-20-43(54)49-44(39)41)42(53)30-48-25-8-1-2-9-28-57-37-15-10-14-36(29-37)45(55)50-47(24-21-35-13-6-7-16-40(35)47)46(56)58-32-34-22-26-51(27-23-34)31-33-11-4-3-5-12-33/h3-7,10-20,29,34,42,48,52-53H,1-2,8-9,21-28,30-32H2,(H,49,54)(H,50,55)/t42-,47?/m0/s1. The first-order valence-corrected chi connectivity index (χ1v) is 20.6. The number of nitrogens with zero attached hydrogens (tertiary/aromatic N) is 1. The Labute approximate surface area is 339 Å². The molecular formula is C47H54N4O7. The van der Waals surface area contributed by atoms with Gasteiger partial charge in [0.25, 0.3) is 5.91 Å². The van der Waals surface area contributed by atoms with E-state index in [9.17, 15) is 24.6 Å². The largest absolute Gasteiger partial charge is 0.506 e. The number of aryl methyl sites for hydroxylation is 1. The van der Waals surface area contributed by atoms with Gasteiger partial charge in [0.05, 0.1) is 24.8 Å². The molecule has 2 aliphatic rings. The lowest BCUT2D eigenvalue weighted by Crippen LogP contribution is -2.51. The summed E-state index contributed by atoms with van der Waals surface area (Å²) < 4.78 is 12.1. The molecule has 0 bridgehead atoms. The second kappa shape index (κ2) is 19.3. The van der Waals surface area contributed by atoms with E-state index < -0.39 is 17.6 Å². The number of esters is 1. The highest BCUT2D eigenvalue weighted by Gasteiger charge is 2.48. The molecule has 1 aliphatic heterocycles. The number of aromatic nitrogens is 1. The second-order valence-electron chi connectivity index (χ2n) is 15.6. The molecule has 4 aromatic carbocycles. The molecule has 2 heterocycles. The number of hydrogen-bond acceptors (Lipinski definition) is 9. The lowest BCUT2D eigenvalue weighted by molar-refractivity contribution is -0.153. The first-order chi connectivity index (χ1) is 28.3. The van der Waals surface area contributed by atoms with Crippen LogP contribution in [-0.2, 0) is 28.0 Å². The molecule has 0 spiro atoms. The number of phenolic OH excluding ortho intramolecular Hbond substituents is 1. The van der Waals surface area contributed by atoms with E-state index in [0.29, 0.717) is 60.4 Å². The van der Waals surface area contributed by atoms with E-state index >= 15 is 0 Å². The average molecular weight is 787 g/mol. The van der Waals surface area contributed by atoms with Crippen molar-refractivity contribution in [3.05, 3.63) is 141 Å². The number of hydrogen-bond donors (Lipinski definition) is 5. The third-order valence-electron chi connectivity index (χ3n) is 11.5. The van der Waals surface area contributed by atoms with Gasteiger partial charge < -0.3 is 35.3 Å². The van der Waals surface area contributed by atoms with E-state index in [4.69, 9.17) is 9.47 Å². The fraction of sp³-hybridized carbons (Fsp3) is 0.383. The molecule has 1 amide bonds. The molecule has 0 saturated carbocycles. The third-order valence-corrected chi connectivity index (χ3v) is 11.5. The Balaban J connectivity index is 0.846. The minimum absolute atomic E-state index is 0.0336. The molecule has 58 heavy (non-hydrogen) atoms. The molecule has 2 atom stereocenters. The lowest BCUT2D eigenvalue weighted by Gasteiger charge is -2.33. The Morgan fingerprint density at radius 2 is 1.69 bits per heavy atom. The van der Waals surface area contributed by atoms with Crippen LogP contribution in [0.5, 0.6) is 11.5 Å². The van der Waals surface area contributed by atoms with E-state index in [-0.39, 0.29) is 23.1 Å². The summed E-state index contributed by atoms with van der Waals surface area (Å²) in [5.41, 5.74) is 2.95. The number of likely N-dealkylation sites (tertiary alicyclic amines) is 1. The fourth-order valence-corrected chi connectivity index (χ4v) is 8.26. The summed E-state index contributed by atoms with van der Waals surface area (Å²) >= 11 is 0. The Morgan fingerprint density at radius 3 is 2.53 bits per heavy atom. The van der Waals surface area contributed by atoms with Crippen LogP contribution in [0.4, 0.5) is 0 Å². The van der Waals surface area contributed by atoms with Crippen LogP contribution in [0.3, 0.4) is 0 Å². The molecule has 5 aromatic rings. The molecule has 1 fully saturated rings. The van der Waals surface area contributed by atoms with Crippen molar-refractivity contribution in [1.29, 1.82) is 0 Å². The number of aliphatic hydroxyl groups excluding tert-OH is 1. The Morgan fingerprint density at radius 1 is 0.897 bits per heavy atom. The quantitative estimate of drug-likeness (QED) is 0.0494. The van der Waals surface area contributed by atoms with Gasteiger partial charge >= 0.3 is 5.97 Å². The molecule has 5 N–H and O–H groups in total. The van der Waals surface area contributed by atoms with Crippen LogP contribution in [0.2, 0.25) is 0 Å². The number of nitrogens with one attached hydrogen (secondary N) is 3. The number of carbonyl (C=O) groups excluding carboxylic acids is 2. The number of fused-ring (bicyclic) bond motifs is 2. The van der Waals surface area contributed by atoms with E-state index in [1.807, 2.05) is 36.4 Å². The number of phenols is 1. The van der Waals surface area contributed by atoms with Gasteiger partial charge in [-0.2, -0.15) is 0 Å². The number of benzene rings is 4. The fourth-order valence-electron chi connectivity index (χ4n) is 8.26. The number of ether oxygens (including phenoxy) is 2. The van der Waals surface area contributed by atoms with Gasteiger partial charge in [0, 0.05) is 30.1 Å². The first kappa shape index (κ1) is 40.7. The number of pyridine rings is 1. The molecule has 1 aromatic heterocycles. The molecular weight excluding hydrogens is 733 g/mol. The molecule has 11 nitrogen and oxygen atoms in total. The van der Waals surface area contributed by atoms with Crippen LogP contribution >= 0.6 is 0 Å². The third kappa shape index (κ3) is 9.96. The number of rotatable bonds is 18. The summed E-state index contributed by atoms with van der Waals surface area (Å²) in [6.07, 6.45) is 5.93. The molecule has 1 saturated heterocycles. The van der Waals surface area contributed by atoms with Gasteiger partial charge in [0.15, 0.2) is 5.54 Å². The zero-order valence-corrected chi connectivity index (χ0v) is 33.0. The molecule has 0 radical (unpaired) electrons. The number of unbranched alkanes of at least 4 members (excludes halogenated alkanes) is 3. The number of carbonyl (C=O) groups is 2. The van der Waals surface area contributed by atoms with Crippen LogP contribution in [0.25, 0.3) is 10.9 Å². The maximum absolute atomic E-state index is 14.0. The van der Waals surface area contributed by atoms with Crippen LogP contribution in [0.1, 0.15) is 83.7 Å². The van der Waals surface area contributed by atoms with E-state index in [0.717, 1.165) is 75.8 Å². The van der Waals surface area contributed by atoms with Crippen molar-refractivity contribution in [2.75, 3.05) is 39.4 Å². The van der Waals surface area contributed by atoms with Crippen LogP contribution in [-0.4, -0.2) is 71.4 Å². The number of aromatic hydroxyl groups is 1. The van der Waals surface area contributed by atoms with Crippen LogP contribution < -0.4 is 20.9 Å². The summed E-state index contributed by atoms with van der Waals surface area (Å²) in [5, 5.41) is 27.9. The zero-order chi connectivity index (χ0) is 40.3. The van der Waals surface area contributed by atoms with Gasteiger partial charge in [-0.15, -0.1) is 0 Å². The summed E-state index contributed by atoms with van der Waals surface area (Å²) in [4.78, 5) is 44.7. The number of aromatic amines is 1. The number of piperidine rings is 1. The number of aliphatic hydroxyl groups is 1. The SMILES string of the molecule is O=C(NC1(C(=O)OCC2CCN(Cc3ccccc3)CC2)CCc2ccccc21)c1cccc(OCCCCCCNC[C@H](O)c2ccc(O)c3[nH]c(=O)ccc23)c1. The van der Waals surface area contributed by atoms with Crippen LogP contribution in [0, 0.1) is 5.92 Å². The van der Waals surface area contributed by atoms with Gasteiger partial charge in [0.1, 0.15) is 11.5 Å². The summed E-state index contributed by atoms with van der Waals surface area (Å²) in [6, 6.07) is 31.5. The Kier molecular flexibility index (Phi) is 13.5. The van der Waals surface area contributed by atoms with Crippen molar-refractivity contribution in [2.45, 2.75) is 69.6 Å². The van der Waals surface area contributed by atoms with Crippen molar-refractivity contribution in [2.24, 2.45) is 5.92 Å². The predicted molar refractivity (Wildman–Crippen MR) is 224 cm³/mol. The summed E-state index contributed by atoms with van der Waals surface area (Å²) in [7, 11) is 0. The monoisotopic (exact) mass is 786 g/mol. The molecule has 1 aliphatic carbocycles. The van der Waals surface area contributed by atoms with Crippen molar-refractivity contribution in [1.82, 2.24) is 20.5 Å². The average Bonchev–Trinajstić information content (AvgIpc) is 3.62. The summed E-state index contributed by atoms with van der Waals surface area (Å²) in [5.74, 6) is 0.0877. The van der Waals surface area contributed by atoms with Crippen LogP contribution in [0.15, 0.2) is 108 Å². The number of H-pyrrole nitrogens is 1. The van der Waals surface area contributed by atoms with Gasteiger partial charge in [-0.3, -0.25) is 14.5 Å². The lowest BCUT2D eigenvalue weighted by atomic mass is 9.90. The summed E-state index contributed by atoms with van der Waals surface area (Å²) in [6.45, 7) is 4.75. The maximum atomic E-state index is 14.0. The molecule has 1 unspecified atom stereocenters. The van der Waals surface area contributed by atoms with Crippen molar-refractivity contribution < 1.29 is 29.3 Å². The van der Waals surface area contributed by atoms with Gasteiger partial charge in [-0.1, -0.05) is 79.6 Å². The second-order valence-corrected chi connectivity index (χ2v) is 15.6. The van der Waals surface area contributed by atoms with Crippen molar-refractivity contribution in [3.63, 3.8) is 0 Å². The van der Waals surface area contributed by atoms with Crippen molar-refractivity contribution >= 4 is 22.8 Å². The predicted octanol–water partition coefficient (Wildman–Crippen LogP) is 6.52. The first-order valence-electron chi connectivity index (χ1n) is 20.6. The Hall–Kier alpha value is -5.49. The Bertz CT molecular complexity index is 2220. The number of amides is 1. The highest BCUT2D eigenvalue weighted by atomic mass is 16.5. The van der Waals surface area contributed by atoms with Gasteiger partial charge in [0.2, 0.25) is 5.56 Å². The normalized spacial score (nSPS) is 17.5. The van der Waals surface area contributed by atoms with E-state index in [1.54, 1.807) is 30.3 Å². The molecule has 11 heteroatoms.